The minimum Gasteiger partial charge on any atom is -0.380 e. The number of carbonyl (C=O) groups excluding carboxylic acids is 1. The summed E-state index contributed by atoms with van der Waals surface area (Å²) in [6.07, 6.45) is 1.46. The number of hydrogen-bond acceptors (Lipinski definition) is 3. The molecule has 0 N–H and O–H groups in total. The highest BCUT2D eigenvalue weighted by Gasteiger charge is 2.27. The number of ketones is 1. The van der Waals surface area contributed by atoms with Crippen molar-refractivity contribution in [1.29, 1.82) is 0 Å². The molecule has 1 fully saturated rings. The monoisotopic (exact) mass is 273 g/mol. The van der Waals surface area contributed by atoms with E-state index in [1.54, 1.807) is 0 Å². The molecule has 1 aliphatic heterocycles. The van der Waals surface area contributed by atoms with Gasteiger partial charge in [-0.15, -0.1) is 0 Å². The van der Waals surface area contributed by atoms with Gasteiger partial charge in [0.15, 0.2) is 11.6 Å². The molecule has 1 aromatic rings. The number of Topliss-reactive ketones (excluding diaryl/α,β-unsaturated/α-hetero) is 1. The number of pyridine rings is 1. The van der Waals surface area contributed by atoms with Crippen LogP contribution in [0.2, 0.25) is 0 Å². The number of hydrogen-bond donors (Lipinski definition) is 0. The van der Waals surface area contributed by atoms with E-state index in [9.17, 15) is 9.18 Å². The van der Waals surface area contributed by atoms with Gasteiger partial charge in [-0.05, 0) is 6.07 Å². The van der Waals surface area contributed by atoms with Crippen LogP contribution in [-0.4, -0.2) is 29.3 Å². The lowest BCUT2D eigenvalue weighted by atomic mass is 10.00. The van der Waals surface area contributed by atoms with Gasteiger partial charge in [0.05, 0.1) is 35.7 Å². The minimum absolute atomic E-state index is 0.00641. The Morgan fingerprint density at radius 2 is 2.40 bits per heavy atom. The van der Waals surface area contributed by atoms with Crippen LogP contribution in [0.15, 0.2) is 12.3 Å². The van der Waals surface area contributed by atoms with Crippen molar-refractivity contribution in [3.05, 3.63) is 29.3 Å². The van der Waals surface area contributed by atoms with E-state index in [1.807, 2.05) is 0 Å². The van der Waals surface area contributed by atoms with E-state index in [1.165, 1.54) is 12.3 Å². The van der Waals surface area contributed by atoms with E-state index in [-0.39, 0.29) is 22.6 Å². The predicted molar refractivity (Wildman–Crippen MR) is 55.9 cm³/mol. The summed E-state index contributed by atoms with van der Waals surface area (Å²) in [5.74, 6) is -0.778. The van der Waals surface area contributed by atoms with Crippen LogP contribution in [0.4, 0.5) is 4.39 Å². The van der Waals surface area contributed by atoms with Crippen molar-refractivity contribution in [2.24, 2.45) is 0 Å². The molecular weight excluding hydrogens is 265 g/mol. The molecule has 0 atom stereocenters. The lowest BCUT2D eigenvalue weighted by molar-refractivity contribution is 0.00513. The third kappa shape index (κ3) is 1.94. The molecule has 0 spiro atoms. The largest absolute Gasteiger partial charge is 0.380 e. The Kier molecular flexibility index (Phi) is 3.11. The van der Waals surface area contributed by atoms with E-state index in [0.717, 1.165) is 0 Å². The van der Waals surface area contributed by atoms with Gasteiger partial charge in [0.1, 0.15) is 0 Å². The molecule has 0 saturated carbocycles. The topological polar surface area (TPSA) is 39.2 Å². The Morgan fingerprint density at radius 1 is 1.67 bits per heavy atom. The van der Waals surface area contributed by atoms with Crippen LogP contribution < -0.4 is 0 Å². The molecule has 2 rings (SSSR count). The molecule has 0 aromatic carbocycles. The smallest absolute Gasteiger partial charge is 0.176 e. The minimum atomic E-state index is -0.504. The summed E-state index contributed by atoms with van der Waals surface area (Å²) < 4.78 is 18.8. The number of ether oxygens (including phenoxy) is 1. The van der Waals surface area contributed by atoms with Gasteiger partial charge in [0, 0.05) is 6.20 Å². The maximum Gasteiger partial charge on any atom is 0.176 e. The van der Waals surface area contributed by atoms with Crippen molar-refractivity contribution < 1.29 is 13.9 Å². The normalized spacial score (nSPS) is 16.1. The first-order valence-electron chi connectivity index (χ1n) is 4.55. The average Bonchev–Trinajstić information content (AvgIpc) is 2.17. The maximum atomic E-state index is 13.8. The summed E-state index contributed by atoms with van der Waals surface area (Å²) in [4.78, 5) is 15.3. The van der Waals surface area contributed by atoms with Crippen molar-refractivity contribution in [2.45, 2.75) is 5.92 Å². The summed E-state index contributed by atoms with van der Waals surface area (Å²) in [5, 5.41) is 0.120. The lowest BCUT2D eigenvalue weighted by Crippen LogP contribution is -2.27. The molecular formula is C10H9BrFNO2. The Balaban J connectivity index is 2.36. The van der Waals surface area contributed by atoms with Crippen molar-refractivity contribution in [2.75, 3.05) is 18.5 Å². The quantitative estimate of drug-likeness (QED) is 0.624. The number of aromatic nitrogens is 1. The van der Waals surface area contributed by atoms with Crippen molar-refractivity contribution in [3.63, 3.8) is 0 Å². The van der Waals surface area contributed by atoms with Crippen molar-refractivity contribution >= 4 is 21.7 Å². The predicted octanol–water partition coefficient (Wildman–Crippen LogP) is 1.91. The molecule has 3 nitrogen and oxygen atoms in total. The number of rotatable bonds is 3. The van der Waals surface area contributed by atoms with Gasteiger partial charge in [-0.1, -0.05) is 15.9 Å². The first-order valence-corrected chi connectivity index (χ1v) is 5.67. The Hall–Kier alpha value is -0.810. The molecule has 1 saturated heterocycles. The molecule has 2 heterocycles. The second-order valence-electron chi connectivity index (χ2n) is 3.35. The summed E-state index contributed by atoms with van der Waals surface area (Å²) in [6, 6.07) is 1.40. The summed E-state index contributed by atoms with van der Waals surface area (Å²) >= 11 is 3.02. The first kappa shape index (κ1) is 10.7. The highest BCUT2D eigenvalue weighted by molar-refractivity contribution is 9.09. The summed E-state index contributed by atoms with van der Waals surface area (Å²) in [7, 11) is 0. The molecule has 1 aromatic heterocycles. The fourth-order valence-corrected chi connectivity index (χ4v) is 1.73. The maximum absolute atomic E-state index is 13.8. The van der Waals surface area contributed by atoms with Gasteiger partial charge in [-0.2, -0.15) is 0 Å². The van der Waals surface area contributed by atoms with Gasteiger partial charge in [-0.25, -0.2) is 4.39 Å². The third-order valence-electron chi connectivity index (χ3n) is 2.36. The lowest BCUT2D eigenvalue weighted by Gasteiger charge is -2.25. The molecule has 0 amide bonds. The molecule has 15 heavy (non-hydrogen) atoms. The van der Waals surface area contributed by atoms with E-state index in [0.29, 0.717) is 18.9 Å². The molecule has 0 aliphatic carbocycles. The number of halogens is 2. The zero-order valence-corrected chi connectivity index (χ0v) is 9.46. The van der Waals surface area contributed by atoms with Crippen LogP contribution in [0.3, 0.4) is 0 Å². The van der Waals surface area contributed by atoms with E-state index in [2.05, 4.69) is 20.9 Å². The van der Waals surface area contributed by atoms with Crippen molar-refractivity contribution in [3.8, 4) is 0 Å². The van der Waals surface area contributed by atoms with Gasteiger partial charge in [0.25, 0.3) is 0 Å². The highest BCUT2D eigenvalue weighted by atomic mass is 79.9. The van der Waals surface area contributed by atoms with Crippen LogP contribution in [0.5, 0.6) is 0 Å². The van der Waals surface area contributed by atoms with Crippen LogP contribution in [0.1, 0.15) is 22.0 Å². The first-order chi connectivity index (χ1) is 7.24. The SMILES string of the molecule is O=C(CBr)c1ccnc(C2COC2)c1F. The van der Waals surface area contributed by atoms with Crippen LogP contribution in [0.25, 0.3) is 0 Å². The van der Waals surface area contributed by atoms with Gasteiger partial charge in [-0.3, -0.25) is 9.78 Å². The van der Waals surface area contributed by atoms with E-state index >= 15 is 0 Å². The van der Waals surface area contributed by atoms with Crippen LogP contribution in [-0.2, 0) is 4.74 Å². The van der Waals surface area contributed by atoms with E-state index < -0.39 is 5.82 Å². The Morgan fingerprint density at radius 3 is 2.93 bits per heavy atom. The Bertz CT molecular complexity index is 393. The molecule has 0 radical (unpaired) electrons. The standard InChI is InChI=1S/C10H9BrFNO2/c11-3-8(14)7-1-2-13-10(9(7)12)6-4-15-5-6/h1-2,6H,3-5H2. The highest BCUT2D eigenvalue weighted by Crippen LogP contribution is 2.26. The van der Waals surface area contributed by atoms with Gasteiger partial charge in [0.2, 0.25) is 0 Å². The molecule has 1 aliphatic rings. The fourth-order valence-electron chi connectivity index (χ4n) is 1.43. The molecule has 5 heteroatoms. The second kappa shape index (κ2) is 4.37. The zero-order valence-electron chi connectivity index (χ0n) is 7.87. The summed E-state index contributed by atoms with van der Waals surface area (Å²) in [6.45, 7) is 0.964. The van der Waals surface area contributed by atoms with Crippen LogP contribution >= 0.6 is 15.9 Å². The second-order valence-corrected chi connectivity index (χ2v) is 3.91. The van der Waals surface area contributed by atoms with E-state index in [4.69, 9.17) is 4.74 Å². The average molecular weight is 274 g/mol. The number of carbonyl (C=O) groups is 1. The summed E-state index contributed by atoms with van der Waals surface area (Å²) in [5.41, 5.74) is 0.442. The molecule has 80 valence electrons. The number of alkyl halides is 1. The van der Waals surface area contributed by atoms with Crippen LogP contribution in [0, 0.1) is 5.82 Å². The Labute approximate surface area is 94.8 Å². The van der Waals surface area contributed by atoms with Gasteiger partial charge >= 0.3 is 0 Å². The number of nitrogens with zero attached hydrogens (tertiary/aromatic N) is 1. The molecule has 0 unspecified atom stereocenters. The third-order valence-corrected chi connectivity index (χ3v) is 2.87. The van der Waals surface area contributed by atoms with Crippen molar-refractivity contribution in [1.82, 2.24) is 4.98 Å². The molecule has 0 bridgehead atoms. The fraction of sp³-hybridized carbons (Fsp3) is 0.400. The zero-order chi connectivity index (χ0) is 10.8. The van der Waals surface area contributed by atoms with Gasteiger partial charge < -0.3 is 4.74 Å².